The van der Waals surface area contributed by atoms with Crippen LogP contribution in [0.5, 0.6) is 0 Å². The summed E-state index contributed by atoms with van der Waals surface area (Å²) in [6.45, 7) is 3.34. The van der Waals surface area contributed by atoms with Gasteiger partial charge in [-0.15, -0.1) is 0 Å². The number of aliphatic hydroxyl groups excluding tert-OH is 1. The van der Waals surface area contributed by atoms with Gasteiger partial charge in [0.05, 0.1) is 30.3 Å². The predicted octanol–water partition coefficient (Wildman–Crippen LogP) is 1.57. The van der Waals surface area contributed by atoms with Crippen molar-refractivity contribution in [2.24, 2.45) is 0 Å². The van der Waals surface area contributed by atoms with Gasteiger partial charge in [-0.05, 0) is 19.4 Å². The van der Waals surface area contributed by atoms with Crippen LogP contribution in [0.15, 0.2) is 24.3 Å². The minimum atomic E-state index is -0.461. The first-order valence-electron chi connectivity index (χ1n) is 6.35. The van der Waals surface area contributed by atoms with Crippen LogP contribution < -0.4 is 4.90 Å². The summed E-state index contributed by atoms with van der Waals surface area (Å²) in [6, 6.07) is 6.67. The summed E-state index contributed by atoms with van der Waals surface area (Å²) in [7, 11) is 0. The molecule has 0 bridgehead atoms. The first-order valence-corrected chi connectivity index (χ1v) is 6.35. The highest BCUT2D eigenvalue weighted by Gasteiger charge is 2.28. The summed E-state index contributed by atoms with van der Waals surface area (Å²) >= 11 is 0. The van der Waals surface area contributed by atoms with Crippen molar-refractivity contribution in [2.45, 2.75) is 25.5 Å². The molecule has 6 nitrogen and oxygen atoms in total. The SMILES string of the molecule is C[C@@H](O)C[C@@H]1COCCN1c1ccccc1[N+](=O)[O-]. The molecule has 104 valence electrons. The highest BCUT2D eigenvalue weighted by molar-refractivity contribution is 5.63. The lowest BCUT2D eigenvalue weighted by Crippen LogP contribution is -2.47. The van der Waals surface area contributed by atoms with Crippen LogP contribution in [0.1, 0.15) is 13.3 Å². The number of hydrogen-bond donors (Lipinski definition) is 1. The second-order valence-corrected chi connectivity index (χ2v) is 4.75. The fourth-order valence-electron chi connectivity index (χ4n) is 2.42. The van der Waals surface area contributed by atoms with Crippen LogP contribution in [0.2, 0.25) is 0 Å². The molecule has 1 N–H and O–H groups in total. The number of nitrogens with zero attached hydrogens (tertiary/aromatic N) is 2. The third-order valence-electron chi connectivity index (χ3n) is 3.23. The quantitative estimate of drug-likeness (QED) is 0.661. The summed E-state index contributed by atoms with van der Waals surface area (Å²) in [6.07, 6.45) is 0.0726. The van der Waals surface area contributed by atoms with E-state index in [1.54, 1.807) is 25.1 Å². The van der Waals surface area contributed by atoms with E-state index >= 15 is 0 Å². The van der Waals surface area contributed by atoms with Crippen molar-refractivity contribution in [3.63, 3.8) is 0 Å². The Bertz CT molecular complexity index is 450. The van der Waals surface area contributed by atoms with Crippen LogP contribution in [0.25, 0.3) is 0 Å². The molecule has 2 rings (SSSR count). The van der Waals surface area contributed by atoms with Crippen molar-refractivity contribution < 1.29 is 14.8 Å². The van der Waals surface area contributed by atoms with Crippen molar-refractivity contribution in [3.05, 3.63) is 34.4 Å². The molecule has 0 radical (unpaired) electrons. The Labute approximate surface area is 111 Å². The fraction of sp³-hybridized carbons (Fsp3) is 0.538. The Morgan fingerprint density at radius 1 is 1.58 bits per heavy atom. The minimum Gasteiger partial charge on any atom is -0.393 e. The van der Waals surface area contributed by atoms with Crippen molar-refractivity contribution in [1.82, 2.24) is 0 Å². The molecule has 1 fully saturated rings. The Hall–Kier alpha value is -1.66. The van der Waals surface area contributed by atoms with E-state index in [2.05, 4.69) is 0 Å². The molecule has 1 aromatic rings. The third kappa shape index (κ3) is 3.21. The monoisotopic (exact) mass is 266 g/mol. The van der Waals surface area contributed by atoms with Gasteiger partial charge >= 0.3 is 0 Å². The normalized spacial score (nSPS) is 21.2. The topological polar surface area (TPSA) is 75.8 Å². The standard InChI is InChI=1S/C13H18N2O4/c1-10(16)8-11-9-19-7-6-14(11)12-4-2-3-5-13(12)15(17)18/h2-5,10-11,16H,6-9H2,1H3/t10-,11-/m1/s1. The van der Waals surface area contributed by atoms with Crippen molar-refractivity contribution in [2.75, 3.05) is 24.7 Å². The van der Waals surface area contributed by atoms with Gasteiger partial charge in [0.2, 0.25) is 0 Å². The number of nitro benzene ring substituents is 1. The maximum atomic E-state index is 11.1. The minimum absolute atomic E-state index is 0.0325. The lowest BCUT2D eigenvalue weighted by Gasteiger charge is -2.37. The zero-order valence-corrected chi connectivity index (χ0v) is 10.9. The number of para-hydroxylation sites is 2. The van der Waals surface area contributed by atoms with Gasteiger partial charge in [0.25, 0.3) is 5.69 Å². The average molecular weight is 266 g/mol. The lowest BCUT2D eigenvalue weighted by atomic mass is 10.1. The first-order chi connectivity index (χ1) is 9.09. The maximum absolute atomic E-state index is 11.1. The largest absolute Gasteiger partial charge is 0.393 e. The van der Waals surface area contributed by atoms with Crippen LogP contribution in [-0.2, 0) is 4.74 Å². The van der Waals surface area contributed by atoms with Crippen LogP contribution in [0.3, 0.4) is 0 Å². The van der Waals surface area contributed by atoms with Crippen molar-refractivity contribution in [1.29, 1.82) is 0 Å². The number of morpholine rings is 1. The van der Waals surface area contributed by atoms with E-state index < -0.39 is 6.10 Å². The Morgan fingerprint density at radius 3 is 3.00 bits per heavy atom. The Balaban J connectivity index is 2.29. The number of ether oxygens (including phenoxy) is 1. The van der Waals surface area contributed by atoms with Gasteiger partial charge in [0.1, 0.15) is 5.69 Å². The van der Waals surface area contributed by atoms with Gasteiger partial charge in [-0.3, -0.25) is 10.1 Å². The molecule has 1 saturated heterocycles. The zero-order valence-electron chi connectivity index (χ0n) is 10.9. The molecule has 0 saturated carbocycles. The molecule has 0 amide bonds. The fourth-order valence-corrected chi connectivity index (χ4v) is 2.42. The van der Waals surface area contributed by atoms with Gasteiger partial charge < -0.3 is 14.7 Å². The van der Waals surface area contributed by atoms with Gasteiger partial charge in [-0.1, -0.05) is 12.1 Å². The maximum Gasteiger partial charge on any atom is 0.292 e. The Morgan fingerprint density at radius 2 is 2.32 bits per heavy atom. The highest BCUT2D eigenvalue weighted by Crippen LogP contribution is 2.31. The van der Waals surface area contributed by atoms with E-state index in [9.17, 15) is 15.2 Å². The molecule has 1 heterocycles. The number of anilines is 1. The van der Waals surface area contributed by atoms with Crippen LogP contribution >= 0.6 is 0 Å². The Kier molecular flexibility index (Phi) is 4.34. The first kappa shape index (κ1) is 13.8. The zero-order chi connectivity index (χ0) is 13.8. The van der Waals surface area contributed by atoms with Crippen LogP contribution in [0, 0.1) is 10.1 Å². The molecule has 2 atom stereocenters. The molecule has 0 unspecified atom stereocenters. The smallest absolute Gasteiger partial charge is 0.292 e. The molecular weight excluding hydrogens is 248 g/mol. The summed E-state index contributed by atoms with van der Waals surface area (Å²) in [4.78, 5) is 12.7. The lowest BCUT2D eigenvalue weighted by molar-refractivity contribution is -0.384. The number of rotatable bonds is 4. The van der Waals surface area contributed by atoms with Gasteiger partial charge in [0.15, 0.2) is 0 Å². The number of hydrogen-bond acceptors (Lipinski definition) is 5. The summed E-state index contributed by atoms with van der Waals surface area (Å²) < 4.78 is 5.41. The van der Waals surface area contributed by atoms with E-state index in [-0.39, 0.29) is 16.7 Å². The second kappa shape index (κ2) is 5.99. The van der Waals surface area contributed by atoms with Gasteiger partial charge in [-0.25, -0.2) is 0 Å². The van der Waals surface area contributed by atoms with E-state index in [1.807, 2.05) is 4.90 Å². The number of benzene rings is 1. The molecule has 6 heteroatoms. The molecule has 0 aromatic heterocycles. The molecular formula is C13H18N2O4. The molecule has 0 aliphatic carbocycles. The van der Waals surface area contributed by atoms with Crippen LogP contribution in [0.4, 0.5) is 11.4 Å². The predicted molar refractivity (Wildman–Crippen MR) is 71.3 cm³/mol. The molecule has 1 aliphatic rings. The number of nitro groups is 1. The van der Waals surface area contributed by atoms with Crippen molar-refractivity contribution >= 4 is 11.4 Å². The van der Waals surface area contributed by atoms with E-state index in [0.717, 1.165) is 0 Å². The van der Waals surface area contributed by atoms with E-state index in [0.29, 0.717) is 31.9 Å². The molecule has 19 heavy (non-hydrogen) atoms. The average Bonchev–Trinajstić information content (AvgIpc) is 2.38. The van der Waals surface area contributed by atoms with E-state index in [4.69, 9.17) is 4.74 Å². The summed E-state index contributed by atoms with van der Waals surface area (Å²) in [5.41, 5.74) is 0.696. The third-order valence-corrected chi connectivity index (χ3v) is 3.23. The summed E-state index contributed by atoms with van der Waals surface area (Å²) in [5.74, 6) is 0. The van der Waals surface area contributed by atoms with Gasteiger partial charge in [-0.2, -0.15) is 0 Å². The van der Waals surface area contributed by atoms with E-state index in [1.165, 1.54) is 6.07 Å². The number of aliphatic hydroxyl groups is 1. The van der Waals surface area contributed by atoms with Crippen LogP contribution in [-0.4, -0.2) is 41.9 Å². The highest BCUT2D eigenvalue weighted by atomic mass is 16.6. The van der Waals surface area contributed by atoms with Crippen molar-refractivity contribution in [3.8, 4) is 0 Å². The molecule has 1 aromatic carbocycles. The second-order valence-electron chi connectivity index (χ2n) is 4.75. The van der Waals surface area contributed by atoms with Gasteiger partial charge in [0, 0.05) is 12.6 Å². The molecule has 0 spiro atoms. The summed E-state index contributed by atoms with van der Waals surface area (Å²) in [5, 5.41) is 20.6. The molecule has 1 aliphatic heterocycles.